The van der Waals surface area contributed by atoms with Crippen LogP contribution in [-0.4, -0.2) is 61.7 Å². The van der Waals surface area contributed by atoms with E-state index in [9.17, 15) is 9.59 Å². The molecule has 3 aliphatic carbocycles. The first-order valence-corrected chi connectivity index (χ1v) is 15.6. The zero-order valence-corrected chi connectivity index (χ0v) is 26.5. The number of benzene rings is 1. The van der Waals surface area contributed by atoms with E-state index in [4.69, 9.17) is 14.6 Å². The summed E-state index contributed by atoms with van der Waals surface area (Å²) in [6, 6.07) is 11.8. The molecule has 2 aliphatic heterocycles. The molecule has 8 nitrogen and oxygen atoms in total. The van der Waals surface area contributed by atoms with Gasteiger partial charge in [0.25, 0.3) is 0 Å². The molecule has 0 radical (unpaired) electrons. The van der Waals surface area contributed by atoms with Gasteiger partial charge in [-0.05, 0) is 74.2 Å². The molecule has 3 amide bonds. The Hall–Kier alpha value is -2.83. The van der Waals surface area contributed by atoms with Gasteiger partial charge in [0.15, 0.2) is 0 Å². The maximum absolute atomic E-state index is 12.0. The van der Waals surface area contributed by atoms with Crippen LogP contribution in [0.4, 0.5) is 4.79 Å². The maximum atomic E-state index is 12.0. The quantitative estimate of drug-likeness (QED) is 0.341. The molecular formula is C33H51BN4O4. The summed E-state index contributed by atoms with van der Waals surface area (Å²) in [6.07, 6.45) is 8.44. The number of amides is 3. The third-order valence-electron chi connectivity index (χ3n) is 9.55. The fraction of sp³-hybridized carbons (Fsp3) is 0.667. The monoisotopic (exact) mass is 578 g/mol. The average Bonchev–Trinajstić information content (AvgIpc) is 3.35. The van der Waals surface area contributed by atoms with Gasteiger partial charge in [-0.2, -0.15) is 5.26 Å². The predicted molar refractivity (Wildman–Crippen MR) is 167 cm³/mol. The zero-order chi connectivity index (χ0) is 30.9. The van der Waals surface area contributed by atoms with E-state index in [1.807, 2.05) is 30.3 Å². The van der Waals surface area contributed by atoms with Gasteiger partial charge in [0.1, 0.15) is 6.42 Å². The molecule has 0 spiro atoms. The van der Waals surface area contributed by atoms with Crippen molar-refractivity contribution in [2.45, 2.75) is 97.2 Å². The van der Waals surface area contributed by atoms with E-state index in [2.05, 4.69) is 64.0 Å². The van der Waals surface area contributed by atoms with Gasteiger partial charge in [0.2, 0.25) is 5.91 Å². The molecule has 5 fully saturated rings. The minimum absolute atomic E-state index is 0.00722. The molecule has 1 aromatic rings. The summed E-state index contributed by atoms with van der Waals surface area (Å²) in [5.41, 5.74) is 1.21. The fourth-order valence-corrected chi connectivity index (χ4v) is 6.72. The number of carbonyl (C=O) groups excluding carboxylic acids is 2. The molecule has 2 heterocycles. The number of nitriles is 1. The lowest BCUT2D eigenvalue weighted by Gasteiger charge is -2.64. The van der Waals surface area contributed by atoms with Crippen molar-refractivity contribution in [3.8, 4) is 6.07 Å². The van der Waals surface area contributed by atoms with Crippen LogP contribution in [-0.2, 0) is 20.5 Å². The minimum atomic E-state index is -0.419. The lowest BCUT2D eigenvalue weighted by molar-refractivity contribution is -0.199. The maximum Gasteiger partial charge on any atom is 0.482 e. The summed E-state index contributed by atoms with van der Waals surface area (Å²) in [4.78, 5) is 24.9. The highest BCUT2D eigenvalue weighted by Crippen LogP contribution is 2.65. The third-order valence-corrected chi connectivity index (χ3v) is 9.55. The molecule has 0 aromatic heterocycles. The predicted octanol–water partition coefficient (Wildman–Crippen LogP) is 5.54. The van der Waals surface area contributed by atoms with Gasteiger partial charge in [-0.3, -0.25) is 4.79 Å². The average molecular weight is 579 g/mol. The third kappa shape index (κ3) is 8.17. The molecule has 2 saturated heterocycles. The Balaban J connectivity index is 0.000000250. The van der Waals surface area contributed by atoms with Crippen LogP contribution >= 0.6 is 0 Å². The number of rotatable bonds is 6. The summed E-state index contributed by atoms with van der Waals surface area (Å²) in [7, 11) is 1.21. The van der Waals surface area contributed by atoms with Gasteiger partial charge in [0.05, 0.1) is 23.7 Å². The van der Waals surface area contributed by atoms with Crippen molar-refractivity contribution in [2.75, 3.05) is 20.1 Å². The molecule has 2 bridgehead atoms. The number of urea groups is 1. The number of carbonyl (C=O) groups is 2. The Morgan fingerprint density at radius 3 is 2.36 bits per heavy atom. The van der Waals surface area contributed by atoms with Crippen LogP contribution < -0.4 is 10.6 Å². The van der Waals surface area contributed by atoms with Gasteiger partial charge in [-0.1, -0.05) is 64.1 Å². The normalized spacial score (nSPS) is 27.4. The second-order valence-corrected chi connectivity index (χ2v) is 13.1. The first-order valence-electron chi connectivity index (χ1n) is 15.6. The summed E-state index contributed by atoms with van der Waals surface area (Å²) in [6.45, 7) is 16.4. The van der Waals surface area contributed by atoms with Gasteiger partial charge < -0.3 is 24.8 Å². The van der Waals surface area contributed by atoms with Crippen molar-refractivity contribution in [1.82, 2.24) is 15.5 Å². The highest BCUT2D eigenvalue weighted by atomic mass is 16.7. The van der Waals surface area contributed by atoms with Gasteiger partial charge in [-0.15, -0.1) is 6.58 Å². The molecule has 2 N–H and O–H groups in total. The van der Waals surface area contributed by atoms with E-state index in [0.717, 1.165) is 37.9 Å². The number of likely N-dealkylation sites (tertiary alicyclic amines) is 1. The van der Waals surface area contributed by atoms with Crippen LogP contribution in [0.1, 0.15) is 78.7 Å². The van der Waals surface area contributed by atoms with Crippen LogP contribution in [0.25, 0.3) is 0 Å². The molecule has 230 valence electrons. The molecular weight excluding hydrogens is 527 g/mol. The highest BCUT2D eigenvalue weighted by Gasteiger charge is 2.68. The van der Waals surface area contributed by atoms with Crippen molar-refractivity contribution in [2.24, 2.45) is 23.2 Å². The van der Waals surface area contributed by atoms with Crippen molar-refractivity contribution < 1.29 is 18.9 Å². The summed E-state index contributed by atoms with van der Waals surface area (Å²) in [5.74, 6) is 1.65. The van der Waals surface area contributed by atoms with Gasteiger partial charge in [0, 0.05) is 20.1 Å². The number of allylic oxidation sites excluding steroid dienone is 1. The Labute approximate surface area is 253 Å². The lowest BCUT2D eigenvalue weighted by atomic mass is 9.43. The summed E-state index contributed by atoms with van der Waals surface area (Å²) < 4.78 is 12.9. The number of piperidine rings is 1. The van der Waals surface area contributed by atoms with E-state index < -0.39 is 7.12 Å². The second-order valence-electron chi connectivity index (χ2n) is 13.1. The number of hydrogen-bond acceptors (Lipinski definition) is 5. The fourth-order valence-electron chi connectivity index (χ4n) is 6.72. The standard InChI is InChI=1S/C20H29BN2O3.C8H12N2O.C5H10/c1-19(2)14-11-15(19)20(3)16(12-14)25-21(26-20)17(23-18(24)22-4)10-13-8-6-5-7-9-13;9-5-4-8(11)10-6-2-1-3-7-10;1-4-5(2)3/h5-9,14-17H,10-12H2,1-4H3,(H2,22,23,24);1-4,6-7H2;4-5H,1H2,2-3H3/t14?,15?,16-,17?,20+;;/m1../s1. The Bertz CT molecular complexity index is 1090. The molecule has 5 atom stereocenters. The largest absolute Gasteiger partial charge is 0.482 e. The van der Waals surface area contributed by atoms with Crippen molar-refractivity contribution in [1.29, 1.82) is 5.26 Å². The van der Waals surface area contributed by atoms with E-state index in [0.29, 0.717) is 29.6 Å². The van der Waals surface area contributed by atoms with E-state index in [-0.39, 0.29) is 36.0 Å². The number of nitrogens with one attached hydrogen (secondary N) is 2. The van der Waals surface area contributed by atoms with Crippen molar-refractivity contribution in [3.05, 3.63) is 48.6 Å². The molecule has 6 rings (SSSR count). The molecule has 9 heteroatoms. The van der Waals surface area contributed by atoms with E-state index >= 15 is 0 Å². The molecule has 5 aliphatic rings. The SMILES string of the molecule is C=CC(C)C.CNC(=O)NC(Cc1ccccc1)B1O[C@@H]2CC3CC(C3(C)C)[C@]2(C)O1.N#CCC(=O)N1CCCCC1. The van der Waals surface area contributed by atoms with Crippen LogP contribution in [0.3, 0.4) is 0 Å². The minimum Gasteiger partial charge on any atom is -0.404 e. The van der Waals surface area contributed by atoms with Crippen molar-refractivity contribution in [3.63, 3.8) is 0 Å². The summed E-state index contributed by atoms with van der Waals surface area (Å²) in [5, 5.41) is 13.9. The molecule has 3 unspecified atom stereocenters. The van der Waals surface area contributed by atoms with Gasteiger partial charge >= 0.3 is 13.1 Å². The van der Waals surface area contributed by atoms with E-state index in [1.165, 1.54) is 12.8 Å². The van der Waals surface area contributed by atoms with Crippen LogP contribution in [0.15, 0.2) is 43.0 Å². The topological polar surface area (TPSA) is 104 Å². The smallest absolute Gasteiger partial charge is 0.404 e. The molecule has 42 heavy (non-hydrogen) atoms. The second kappa shape index (κ2) is 15.1. The van der Waals surface area contributed by atoms with Crippen LogP contribution in [0.2, 0.25) is 0 Å². The Morgan fingerprint density at radius 2 is 1.81 bits per heavy atom. The zero-order valence-electron chi connectivity index (χ0n) is 26.5. The Kier molecular flexibility index (Phi) is 12.1. The first-order chi connectivity index (χ1) is 20.0. The lowest BCUT2D eigenvalue weighted by Crippen LogP contribution is -2.65. The summed E-state index contributed by atoms with van der Waals surface area (Å²) >= 11 is 0. The van der Waals surface area contributed by atoms with Crippen molar-refractivity contribution >= 4 is 19.1 Å². The molecule has 1 aromatic carbocycles. The molecule has 3 saturated carbocycles. The van der Waals surface area contributed by atoms with E-state index in [1.54, 1.807) is 11.9 Å². The van der Waals surface area contributed by atoms with Crippen LogP contribution in [0, 0.1) is 34.5 Å². The van der Waals surface area contributed by atoms with Gasteiger partial charge in [-0.25, -0.2) is 4.79 Å². The Morgan fingerprint density at radius 1 is 1.17 bits per heavy atom. The first kappa shape index (κ1) is 33.7. The number of hydrogen-bond donors (Lipinski definition) is 2. The highest BCUT2D eigenvalue weighted by molar-refractivity contribution is 6.48. The van der Waals surface area contributed by atoms with Crippen LogP contribution in [0.5, 0.6) is 0 Å². The number of nitrogens with zero attached hydrogens (tertiary/aromatic N) is 2.